The van der Waals surface area contributed by atoms with Crippen molar-refractivity contribution in [2.24, 2.45) is 23.2 Å². The summed E-state index contributed by atoms with van der Waals surface area (Å²) in [6.45, 7) is 10.0. The highest BCUT2D eigenvalue weighted by Crippen LogP contribution is 2.55. The maximum absolute atomic E-state index is 12.3. The van der Waals surface area contributed by atoms with Gasteiger partial charge in [-0.3, -0.25) is 0 Å². The highest BCUT2D eigenvalue weighted by molar-refractivity contribution is 5.93. The minimum atomic E-state index is -0.753. The van der Waals surface area contributed by atoms with Crippen LogP contribution >= 0.6 is 0 Å². The van der Waals surface area contributed by atoms with Gasteiger partial charge in [0.25, 0.3) is 12.6 Å². The predicted molar refractivity (Wildman–Crippen MR) is 166 cm³/mol. The van der Waals surface area contributed by atoms with Crippen molar-refractivity contribution in [2.75, 3.05) is 0 Å². The van der Waals surface area contributed by atoms with Crippen molar-refractivity contribution < 1.29 is 47.6 Å². The first kappa shape index (κ1) is 31.5. The van der Waals surface area contributed by atoms with Gasteiger partial charge in [0.2, 0.25) is 0 Å². The summed E-state index contributed by atoms with van der Waals surface area (Å²) in [6.07, 6.45) is 13.0. The first-order valence-electron chi connectivity index (χ1n) is 16.8. The van der Waals surface area contributed by atoms with Crippen LogP contribution in [0.5, 0.6) is 0 Å². The molecule has 0 aromatic heterocycles. The number of hydrogen-bond donors (Lipinski definition) is 0. The van der Waals surface area contributed by atoms with E-state index in [0.717, 1.165) is 38.5 Å². The lowest BCUT2D eigenvalue weighted by molar-refractivity contribution is -0.153. The molecule has 8 rings (SSSR count). The summed E-state index contributed by atoms with van der Waals surface area (Å²) in [5, 5.41) is 0. The van der Waals surface area contributed by atoms with Gasteiger partial charge in [0, 0.05) is 35.1 Å². The predicted octanol–water partition coefficient (Wildman–Crippen LogP) is 5.95. The fourth-order valence-electron chi connectivity index (χ4n) is 8.62. The molecule has 0 saturated carbocycles. The van der Waals surface area contributed by atoms with Crippen LogP contribution in [-0.4, -0.2) is 48.7 Å². The molecule has 4 heterocycles. The Bertz CT molecular complexity index is 1620. The zero-order valence-electron chi connectivity index (χ0n) is 27.6. The average Bonchev–Trinajstić information content (AvgIpc) is 3.82. The van der Waals surface area contributed by atoms with E-state index in [0.29, 0.717) is 28.2 Å². The minimum absolute atomic E-state index is 0.0297. The zero-order valence-corrected chi connectivity index (χ0v) is 27.6. The fourth-order valence-corrected chi connectivity index (χ4v) is 8.62. The van der Waals surface area contributed by atoms with Gasteiger partial charge in [-0.2, -0.15) is 0 Å². The molecular weight excluding hydrogens is 604 g/mol. The monoisotopic (exact) mass is 646 g/mol. The second-order valence-corrected chi connectivity index (χ2v) is 14.5. The van der Waals surface area contributed by atoms with Gasteiger partial charge < -0.3 is 28.4 Å². The number of esters is 4. The lowest BCUT2D eigenvalue weighted by Gasteiger charge is -2.34. The molecule has 250 valence electrons. The third-order valence-electron chi connectivity index (χ3n) is 11.0. The molecule has 10 heteroatoms. The maximum Gasteiger partial charge on any atom is 0.338 e. The van der Waals surface area contributed by atoms with Gasteiger partial charge in [0.15, 0.2) is 0 Å². The molecule has 0 amide bonds. The minimum Gasteiger partial charge on any atom is -0.458 e. The van der Waals surface area contributed by atoms with Crippen molar-refractivity contribution >= 4 is 23.9 Å². The molecule has 47 heavy (non-hydrogen) atoms. The lowest BCUT2D eigenvalue weighted by Crippen LogP contribution is -2.27. The van der Waals surface area contributed by atoms with Crippen LogP contribution in [0, 0.1) is 23.2 Å². The summed E-state index contributed by atoms with van der Waals surface area (Å²) in [4.78, 5) is 47.2. The standard InChI is InChI=1S/C19H22O5.C18H20O5/c1-10-7-14(23-17(10)20)22-9-13-12-8-11-5-4-6-19(2,3)15(11)16(12)24-18(13)21;1-9-4-3-5-11-7-12-13(18(20)23-16(12)15(9)11)8-21-14-6-10(2)17(19)22-14/h7,9,12,14,16H,4-6,8H2,1-3H3;6,8-9,12,14,16H,3-5,7H2,1-2H3/b13-9+;13-8+/t12-,14?,16+;9?,12-,14?,16+/m11/s1. The molecule has 0 bridgehead atoms. The van der Waals surface area contributed by atoms with Crippen molar-refractivity contribution in [1.29, 1.82) is 0 Å². The smallest absolute Gasteiger partial charge is 0.338 e. The molecule has 0 aromatic rings. The summed E-state index contributed by atoms with van der Waals surface area (Å²) < 4.78 is 32.4. The van der Waals surface area contributed by atoms with E-state index >= 15 is 0 Å². The number of rotatable bonds is 4. The Morgan fingerprint density at radius 3 is 1.83 bits per heavy atom. The SMILES string of the molecule is CC1=CC(O/C=C2/C(=O)O[C@@H]3C4=C(CCCC4(C)C)C[C@H]23)OC1=O.CC1=CC(O/C=C2/C(=O)O[C@@H]3C4=C(CCCC4C)C[C@H]23)OC1=O. The van der Waals surface area contributed by atoms with Gasteiger partial charge in [-0.25, -0.2) is 19.2 Å². The van der Waals surface area contributed by atoms with Crippen molar-refractivity contribution in [1.82, 2.24) is 0 Å². The largest absolute Gasteiger partial charge is 0.458 e. The number of cyclic esters (lactones) is 2. The molecule has 2 fully saturated rings. The molecule has 4 aliphatic carbocycles. The Balaban J connectivity index is 0.000000150. The van der Waals surface area contributed by atoms with E-state index in [1.807, 2.05) is 0 Å². The van der Waals surface area contributed by atoms with Crippen LogP contribution in [0.1, 0.15) is 86.0 Å². The molecule has 0 spiro atoms. The van der Waals surface area contributed by atoms with Crippen LogP contribution in [0.3, 0.4) is 0 Å². The van der Waals surface area contributed by atoms with Crippen molar-refractivity contribution in [3.63, 3.8) is 0 Å². The molecule has 7 atom stereocenters. The first-order valence-corrected chi connectivity index (χ1v) is 16.8. The quantitative estimate of drug-likeness (QED) is 0.119. The molecule has 0 radical (unpaired) electrons. The number of fused-ring (bicyclic) bond motifs is 4. The summed E-state index contributed by atoms with van der Waals surface area (Å²) in [5.41, 5.74) is 7.80. The Labute approximate surface area is 274 Å². The fraction of sp³-hybridized carbons (Fsp3) is 0.568. The van der Waals surface area contributed by atoms with Gasteiger partial charge in [-0.05, 0) is 87.7 Å². The first-order chi connectivity index (χ1) is 22.4. The summed E-state index contributed by atoms with van der Waals surface area (Å²) in [5.74, 6) is -0.824. The third-order valence-corrected chi connectivity index (χ3v) is 11.0. The van der Waals surface area contributed by atoms with E-state index in [9.17, 15) is 19.2 Å². The van der Waals surface area contributed by atoms with E-state index in [-0.39, 0.29) is 53.3 Å². The van der Waals surface area contributed by atoms with Crippen molar-refractivity contribution in [3.8, 4) is 0 Å². The highest BCUT2D eigenvalue weighted by Gasteiger charge is 2.52. The average molecular weight is 647 g/mol. The van der Waals surface area contributed by atoms with Crippen LogP contribution in [0.2, 0.25) is 0 Å². The Morgan fingerprint density at radius 2 is 1.26 bits per heavy atom. The van der Waals surface area contributed by atoms with Crippen LogP contribution in [0.25, 0.3) is 0 Å². The normalized spacial score (nSPS) is 36.5. The third kappa shape index (κ3) is 5.63. The van der Waals surface area contributed by atoms with Gasteiger partial charge in [-0.15, -0.1) is 0 Å². The van der Waals surface area contributed by atoms with Crippen molar-refractivity contribution in [3.05, 3.63) is 69.3 Å². The number of carbonyl (C=O) groups excluding carboxylic acids is 4. The van der Waals surface area contributed by atoms with Crippen LogP contribution in [0.15, 0.2) is 69.3 Å². The summed E-state index contributed by atoms with van der Waals surface area (Å²) in [7, 11) is 0. The molecule has 0 N–H and O–H groups in total. The molecule has 2 saturated heterocycles. The van der Waals surface area contributed by atoms with E-state index in [2.05, 4.69) is 20.8 Å². The summed E-state index contributed by atoms with van der Waals surface area (Å²) >= 11 is 0. The van der Waals surface area contributed by atoms with Gasteiger partial charge in [-0.1, -0.05) is 31.9 Å². The van der Waals surface area contributed by atoms with E-state index in [4.69, 9.17) is 28.4 Å². The van der Waals surface area contributed by atoms with Gasteiger partial charge >= 0.3 is 23.9 Å². The maximum atomic E-state index is 12.3. The van der Waals surface area contributed by atoms with Crippen LogP contribution in [-0.2, 0) is 47.6 Å². The number of carbonyl (C=O) groups is 4. The van der Waals surface area contributed by atoms with Crippen molar-refractivity contribution in [2.45, 2.75) is 111 Å². The molecule has 10 nitrogen and oxygen atoms in total. The Hall–Kier alpha value is -4.08. The van der Waals surface area contributed by atoms with Gasteiger partial charge in [0.1, 0.15) is 12.2 Å². The molecular formula is C37H42O10. The number of hydrogen-bond acceptors (Lipinski definition) is 10. The second kappa shape index (κ2) is 11.9. The van der Waals surface area contributed by atoms with Crippen LogP contribution < -0.4 is 0 Å². The molecule has 3 unspecified atom stereocenters. The van der Waals surface area contributed by atoms with Crippen LogP contribution in [0.4, 0.5) is 0 Å². The summed E-state index contributed by atoms with van der Waals surface area (Å²) in [6, 6.07) is 0. The Kier molecular flexibility index (Phi) is 7.96. The van der Waals surface area contributed by atoms with E-state index in [1.54, 1.807) is 26.0 Å². The zero-order chi connectivity index (χ0) is 33.2. The topological polar surface area (TPSA) is 124 Å². The number of ether oxygens (including phenoxy) is 6. The highest BCUT2D eigenvalue weighted by atomic mass is 16.7. The lowest BCUT2D eigenvalue weighted by atomic mass is 9.72. The molecule has 0 aromatic carbocycles. The van der Waals surface area contributed by atoms with E-state index in [1.165, 1.54) is 47.7 Å². The molecule has 4 aliphatic heterocycles. The second-order valence-electron chi connectivity index (χ2n) is 14.5. The molecule has 8 aliphatic rings. The Morgan fingerprint density at radius 1 is 0.723 bits per heavy atom. The number of allylic oxidation sites excluding steroid dienone is 2. The van der Waals surface area contributed by atoms with Gasteiger partial charge in [0.05, 0.1) is 23.7 Å². The van der Waals surface area contributed by atoms with E-state index < -0.39 is 12.6 Å².